The largest absolute Gasteiger partial charge is 0.335 e. The van der Waals surface area contributed by atoms with Crippen LogP contribution in [0.5, 0.6) is 0 Å². The molecule has 92 valence electrons. The molecule has 0 unspecified atom stereocenters. The van der Waals surface area contributed by atoms with Crippen LogP contribution in [0.2, 0.25) is 0 Å². The van der Waals surface area contributed by atoms with E-state index in [9.17, 15) is 21.5 Å². The van der Waals surface area contributed by atoms with E-state index < -0.39 is 20.9 Å². The Hall–Kier alpha value is -1.50. The molecule has 1 fully saturated rings. The molecule has 1 amide bonds. The van der Waals surface area contributed by atoms with Gasteiger partial charge in [0.15, 0.2) is 0 Å². The van der Waals surface area contributed by atoms with Gasteiger partial charge in [-0.15, -0.1) is 3.89 Å². The molecule has 1 aliphatic carbocycles. The maximum Gasteiger partial charge on any atom is 0.335 e. The van der Waals surface area contributed by atoms with Gasteiger partial charge in [0.2, 0.25) is 5.91 Å². The van der Waals surface area contributed by atoms with E-state index in [2.05, 4.69) is 5.32 Å². The molecule has 4 nitrogen and oxygen atoms in total. The van der Waals surface area contributed by atoms with Crippen LogP contribution in [0, 0.1) is 11.7 Å². The maximum atomic E-state index is 13.2. The van der Waals surface area contributed by atoms with Gasteiger partial charge in [0.1, 0.15) is 10.7 Å². The third kappa shape index (κ3) is 2.79. The number of halogens is 2. The van der Waals surface area contributed by atoms with E-state index in [1.807, 2.05) is 0 Å². The number of hydrogen-bond acceptors (Lipinski definition) is 3. The molecule has 1 saturated carbocycles. The highest BCUT2D eigenvalue weighted by Crippen LogP contribution is 2.30. The van der Waals surface area contributed by atoms with Crippen molar-refractivity contribution >= 4 is 21.8 Å². The van der Waals surface area contributed by atoms with Crippen molar-refractivity contribution in [3.8, 4) is 0 Å². The second kappa shape index (κ2) is 4.06. The van der Waals surface area contributed by atoms with Crippen LogP contribution in [0.3, 0.4) is 0 Å². The Kier molecular flexibility index (Phi) is 2.86. The zero-order valence-electron chi connectivity index (χ0n) is 8.61. The molecule has 0 atom stereocenters. The molecule has 0 heterocycles. The van der Waals surface area contributed by atoms with Gasteiger partial charge < -0.3 is 5.32 Å². The summed E-state index contributed by atoms with van der Waals surface area (Å²) in [5.74, 6) is -1.51. The van der Waals surface area contributed by atoms with Gasteiger partial charge in [0.05, 0.1) is 0 Å². The molecule has 1 aliphatic rings. The Morgan fingerprint density at radius 2 is 2.00 bits per heavy atom. The lowest BCUT2D eigenvalue weighted by Crippen LogP contribution is -2.13. The fraction of sp³-hybridized carbons (Fsp3) is 0.300. The molecular formula is C10H9F2NO3S. The first kappa shape index (κ1) is 12.0. The number of hydrogen-bond donors (Lipinski definition) is 1. The summed E-state index contributed by atoms with van der Waals surface area (Å²) in [6, 6.07) is 2.72. The summed E-state index contributed by atoms with van der Waals surface area (Å²) < 4.78 is 46.8. The minimum atomic E-state index is -5.07. The Balaban J connectivity index is 2.21. The number of anilines is 1. The standard InChI is InChI=1S/C10H9F2NO3S/c11-8-5-7(13-10(14)6-1-2-6)3-4-9(8)17(12,15)16/h3-6H,1-2H2,(H,13,14). The summed E-state index contributed by atoms with van der Waals surface area (Å²) in [6.45, 7) is 0. The highest BCUT2D eigenvalue weighted by atomic mass is 32.3. The zero-order valence-corrected chi connectivity index (χ0v) is 9.43. The first-order valence-electron chi connectivity index (χ1n) is 4.93. The monoisotopic (exact) mass is 261 g/mol. The van der Waals surface area contributed by atoms with E-state index in [-0.39, 0.29) is 17.5 Å². The second-order valence-electron chi connectivity index (χ2n) is 3.85. The molecule has 1 aromatic carbocycles. The van der Waals surface area contributed by atoms with E-state index in [0.29, 0.717) is 0 Å². The van der Waals surface area contributed by atoms with Crippen LogP contribution in [-0.2, 0) is 15.0 Å². The Bertz CT molecular complexity index is 567. The Labute approximate surface area is 96.8 Å². The summed E-state index contributed by atoms with van der Waals surface area (Å²) in [6.07, 6.45) is 1.59. The second-order valence-corrected chi connectivity index (χ2v) is 5.16. The van der Waals surface area contributed by atoms with Gasteiger partial charge >= 0.3 is 10.2 Å². The molecule has 0 radical (unpaired) electrons. The normalized spacial score (nSPS) is 15.6. The third-order valence-electron chi connectivity index (χ3n) is 2.41. The van der Waals surface area contributed by atoms with Gasteiger partial charge in [-0.3, -0.25) is 4.79 Å². The van der Waals surface area contributed by atoms with Crippen LogP contribution in [0.25, 0.3) is 0 Å². The summed E-state index contributed by atoms with van der Waals surface area (Å²) in [4.78, 5) is 10.3. The van der Waals surface area contributed by atoms with Gasteiger partial charge in [0, 0.05) is 11.6 Å². The summed E-state index contributed by atoms with van der Waals surface area (Å²) in [5, 5.41) is 2.43. The molecule has 0 bridgehead atoms. The number of nitrogens with one attached hydrogen (secondary N) is 1. The van der Waals surface area contributed by atoms with Crippen LogP contribution < -0.4 is 5.32 Å². The zero-order chi connectivity index (χ0) is 12.6. The minimum Gasteiger partial charge on any atom is -0.326 e. The maximum absolute atomic E-state index is 13.2. The molecule has 0 aliphatic heterocycles. The summed E-state index contributed by atoms with van der Waals surface area (Å²) in [5.41, 5.74) is 0.117. The molecular weight excluding hydrogens is 252 g/mol. The van der Waals surface area contributed by atoms with Crippen LogP contribution in [0.15, 0.2) is 23.1 Å². The number of benzene rings is 1. The first-order valence-corrected chi connectivity index (χ1v) is 6.31. The van der Waals surface area contributed by atoms with E-state index in [0.717, 1.165) is 31.0 Å². The topological polar surface area (TPSA) is 63.2 Å². The quantitative estimate of drug-likeness (QED) is 0.844. The molecule has 1 aromatic rings. The van der Waals surface area contributed by atoms with Gasteiger partial charge in [-0.25, -0.2) is 4.39 Å². The molecule has 0 aromatic heterocycles. The average molecular weight is 261 g/mol. The number of carbonyl (C=O) groups excluding carboxylic acids is 1. The lowest BCUT2D eigenvalue weighted by Gasteiger charge is -2.05. The van der Waals surface area contributed by atoms with Crippen LogP contribution >= 0.6 is 0 Å². The van der Waals surface area contributed by atoms with Crippen molar-refractivity contribution in [1.29, 1.82) is 0 Å². The van der Waals surface area contributed by atoms with Gasteiger partial charge in [-0.05, 0) is 31.0 Å². The Morgan fingerprint density at radius 3 is 2.47 bits per heavy atom. The van der Waals surface area contributed by atoms with Crippen molar-refractivity contribution in [1.82, 2.24) is 0 Å². The minimum absolute atomic E-state index is 0.0531. The lowest BCUT2D eigenvalue weighted by molar-refractivity contribution is -0.117. The smallest absolute Gasteiger partial charge is 0.326 e. The predicted molar refractivity (Wildman–Crippen MR) is 56.0 cm³/mol. The van der Waals surface area contributed by atoms with Crippen LogP contribution in [0.4, 0.5) is 14.0 Å². The van der Waals surface area contributed by atoms with Crippen molar-refractivity contribution in [2.75, 3.05) is 5.32 Å². The molecule has 7 heteroatoms. The SMILES string of the molecule is O=C(Nc1ccc(S(=O)(=O)F)c(F)c1)C1CC1. The van der Waals surface area contributed by atoms with E-state index >= 15 is 0 Å². The predicted octanol–water partition coefficient (Wildman–Crippen LogP) is 1.83. The van der Waals surface area contributed by atoms with Crippen molar-refractivity contribution in [2.24, 2.45) is 5.92 Å². The highest BCUT2D eigenvalue weighted by Gasteiger charge is 2.29. The van der Waals surface area contributed by atoms with Gasteiger partial charge in [0.25, 0.3) is 0 Å². The third-order valence-corrected chi connectivity index (χ3v) is 3.27. The van der Waals surface area contributed by atoms with Gasteiger partial charge in [-0.2, -0.15) is 8.42 Å². The fourth-order valence-corrected chi connectivity index (χ4v) is 1.89. The van der Waals surface area contributed by atoms with Crippen molar-refractivity contribution in [2.45, 2.75) is 17.7 Å². The molecule has 0 spiro atoms. The number of carbonyl (C=O) groups is 1. The molecule has 2 rings (SSSR count). The van der Waals surface area contributed by atoms with Gasteiger partial charge in [-0.1, -0.05) is 0 Å². The van der Waals surface area contributed by atoms with Crippen molar-refractivity contribution in [3.05, 3.63) is 24.0 Å². The Morgan fingerprint density at radius 1 is 1.35 bits per heavy atom. The van der Waals surface area contributed by atoms with Crippen molar-refractivity contribution in [3.63, 3.8) is 0 Å². The molecule has 1 N–H and O–H groups in total. The highest BCUT2D eigenvalue weighted by molar-refractivity contribution is 7.86. The number of rotatable bonds is 3. The first-order chi connectivity index (χ1) is 7.88. The average Bonchev–Trinajstić information content (AvgIpc) is 2.98. The summed E-state index contributed by atoms with van der Waals surface area (Å²) >= 11 is 0. The summed E-state index contributed by atoms with van der Waals surface area (Å²) in [7, 11) is -5.07. The van der Waals surface area contributed by atoms with E-state index in [1.165, 1.54) is 0 Å². The van der Waals surface area contributed by atoms with E-state index in [1.54, 1.807) is 0 Å². The van der Waals surface area contributed by atoms with Crippen LogP contribution in [-0.4, -0.2) is 14.3 Å². The fourth-order valence-electron chi connectivity index (χ4n) is 1.37. The van der Waals surface area contributed by atoms with Crippen molar-refractivity contribution < 1.29 is 21.5 Å². The molecule has 17 heavy (non-hydrogen) atoms. The number of amides is 1. The lowest BCUT2D eigenvalue weighted by atomic mass is 10.3. The van der Waals surface area contributed by atoms with Crippen LogP contribution in [0.1, 0.15) is 12.8 Å². The van der Waals surface area contributed by atoms with E-state index in [4.69, 9.17) is 0 Å². The molecule has 0 saturated heterocycles.